The summed E-state index contributed by atoms with van der Waals surface area (Å²) in [6.45, 7) is 5.46. The molecular formula is C13H19BrN2O2S. The fourth-order valence-electron chi connectivity index (χ4n) is 2.37. The van der Waals surface area contributed by atoms with Gasteiger partial charge in [0.25, 0.3) is 0 Å². The molecule has 0 radical (unpaired) electrons. The predicted octanol–water partition coefficient (Wildman–Crippen LogP) is 2.70. The molecule has 1 aliphatic rings. The fraction of sp³-hybridized carbons (Fsp3) is 0.538. The van der Waals surface area contributed by atoms with Gasteiger partial charge < -0.3 is 5.73 Å². The van der Waals surface area contributed by atoms with E-state index < -0.39 is 10.0 Å². The maximum Gasteiger partial charge on any atom is 0.244 e. The van der Waals surface area contributed by atoms with Crippen molar-refractivity contribution in [1.82, 2.24) is 4.31 Å². The van der Waals surface area contributed by atoms with Crippen LogP contribution in [0.15, 0.2) is 27.6 Å². The summed E-state index contributed by atoms with van der Waals surface area (Å²) in [4.78, 5) is 0.261. The maximum absolute atomic E-state index is 12.6. The van der Waals surface area contributed by atoms with Crippen LogP contribution in [-0.4, -0.2) is 25.8 Å². The quantitative estimate of drug-likeness (QED) is 0.855. The zero-order valence-corrected chi connectivity index (χ0v) is 13.5. The number of halogens is 1. The average molecular weight is 347 g/mol. The lowest BCUT2D eigenvalue weighted by molar-refractivity contribution is 0.388. The Bertz CT molecular complexity index is 572. The number of hydrogen-bond acceptors (Lipinski definition) is 3. The maximum atomic E-state index is 12.6. The third-order valence-corrected chi connectivity index (χ3v) is 6.56. The van der Waals surface area contributed by atoms with Crippen molar-refractivity contribution >= 4 is 31.6 Å². The minimum absolute atomic E-state index is 0.261. The summed E-state index contributed by atoms with van der Waals surface area (Å²) < 4.78 is 27.4. The van der Waals surface area contributed by atoms with Crippen LogP contribution >= 0.6 is 15.9 Å². The first-order valence-corrected chi connectivity index (χ1v) is 8.61. The lowest BCUT2D eigenvalue weighted by Crippen LogP contribution is -2.29. The minimum Gasteiger partial charge on any atom is -0.399 e. The molecule has 0 aliphatic carbocycles. The molecule has 106 valence electrons. The molecule has 0 amide bonds. The summed E-state index contributed by atoms with van der Waals surface area (Å²) in [5, 5.41) is 0. The van der Waals surface area contributed by atoms with Crippen LogP contribution in [0.1, 0.15) is 20.3 Å². The van der Waals surface area contributed by atoms with Crippen molar-refractivity contribution in [1.29, 1.82) is 0 Å². The van der Waals surface area contributed by atoms with Gasteiger partial charge in [-0.1, -0.05) is 13.8 Å². The van der Waals surface area contributed by atoms with Crippen LogP contribution in [0.5, 0.6) is 0 Å². The summed E-state index contributed by atoms with van der Waals surface area (Å²) in [6, 6.07) is 4.88. The molecule has 0 spiro atoms. The van der Waals surface area contributed by atoms with E-state index in [1.165, 1.54) is 6.07 Å². The number of hydrogen-bond donors (Lipinski definition) is 1. The predicted molar refractivity (Wildman–Crippen MR) is 80.3 cm³/mol. The highest BCUT2D eigenvalue weighted by atomic mass is 79.9. The van der Waals surface area contributed by atoms with Gasteiger partial charge in [0.1, 0.15) is 0 Å². The van der Waals surface area contributed by atoms with E-state index in [4.69, 9.17) is 5.73 Å². The van der Waals surface area contributed by atoms with Crippen LogP contribution in [0.2, 0.25) is 0 Å². The van der Waals surface area contributed by atoms with E-state index in [2.05, 4.69) is 29.8 Å². The van der Waals surface area contributed by atoms with Crippen molar-refractivity contribution in [2.24, 2.45) is 11.8 Å². The summed E-state index contributed by atoms with van der Waals surface area (Å²) in [5.41, 5.74) is 6.15. The molecule has 2 N–H and O–H groups in total. The average Bonchev–Trinajstić information content (AvgIpc) is 2.82. The molecule has 0 bridgehead atoms. The third kappa shape index (κ3) is 2.95. The van der Waals surface area contributed by atoms with Crippen molar-refractivity contribution in [2.75, 3.05) is 18.8 Å². The molecule has 1 saturated heterocycles. The van der Waals surface area contributed by atoms with Crippen molar-refractivity contribution in [2.45, 2.75) is 25.2 Å². The summed E-state index contributed by atoms with van der Waals surface area (Å²) in [6.07, 6.45) is 0.927. The summed E-state index contributed by atoms with van der Waals surface area (Å²) in [7, 11) is -3.45. The lowest BCUT2D eigenvalue weighted by atomic mass is 9.96. The molecule has 1 atom stereocenters. The second-order valence-electron chi connectivity index (χ2n) is 5.35. The fourth-order valence-corrected chi connectivity index (χ4v) is 4.84. The molecule has 6 heteroatoms. The van der Waals surface area contributed by atoms with Gasteiger partial charge in [0.05, 0.1) is 4.90 Å². The van der Waals surface area contributed by atoms with Crippen LogP contribution in [0, 0.1) is 11.8 Å². The van der Waals surface area contributed by atoms with Crippen LogP contribution < -0.4 is 5.73 Å². The van der Waals surface area contributed by atoms with Crippen molar-refractivity contribution < 1.29 is 8.42 Å². The monoisotopic (exact) mass is 346 g/mol. The number of nitrogen functional groups attached to an aromatic ring is 1. The molecule has 1 aromatic rings. The number of anilines is 1. The van der Waals surface area contributed by atoms with Crippen LogP contribution in [0.3, 0.4) is 0 Å². The lowest BCUT2D eigenvalue weighted by Gasteiger charge is -2.19. The Morgan fingerprint density at radius 1 is 1.42 bits per heavy atom. The molecule has 1 heterocycles. The Morgan fingerprint density at radius 2 is 2.11 bits per heavy atom. The highest BCUT2D eigenvalue weighted by Crippen LogP contribution is 2.32. The molecule has 0 saturated carbocycles. The molecule has 2 rings (SSSR count). The highest BCUT2D eigenvalue weighted by Gasteiger charge is 2.34. The van der Waals surface area contributed by atoms with E-state index in [0.717, 1.165) is 6.42 Å². The van der Waals surface area contributed by atoms with E-state index in [9.17, 15) is 8.42 Å². The van der Waals surface area contributed by atoms with Gasteiger partial charge in [-0.05, 0) is 52.4 Å². The van der Waals surface area contributed by atoms with Crippen LogP contribution in [0.25, 0.3) is 0 Å². The van der Waals surface area contributed by atoms with Gasteiger partial charge in [-0.2, -0.15) is 4.31 Å². The van der Waals surface area contributed by atoms with E-state index in [-0.39, 0.29) is 4.90 Å². The van der Waals surface area contributed by atoms with Gasteiger partial charge in [0, 0.05) is 23.2 Å². The SMILES string of the molecule is CC(C)C1CCN(S(=O)(=O)c2cc(N)ccc2Br)C1. The standard InChI is InChI=1S/C13H19BrN2O2S/c1-9(2)10-5-6-16(8-10)19(17,18)13-7-11(15)3-4-12(13)14/h3-4,7,9-10H,5-6,8,15H2,1-2H3. The molecule has 1 fully saturated rings. The second kappa shape index (κ2) is 5.42. The number of nitrogens with two attached hydrogens (primary N) is 1. The topological polar surface area (TPSA) is 63.4 Å². The van der Waals surface area contributed by atoms with Crippen molar-refractivity contribution in [3.05, 3.63) is 22.7 Å². The number of nitrogens with zero attached hydrogens (tertiary/aromatic N) is 1. The first-order chi connectivity index (χ1) is 8.82. The van der Waals surface area contributed by atoms with Gasteiger partial charge >= 0.3 is 0 Å². The molecule has 1 aromatic carbocycles. The molecule has 4 nitrogen and oxygen atoms in total. The number of rotatable bonds is 3. The van der Waals surface area contributed by atoms with Crippen molar-refractivity contribution in [3.63, 3.8) is 0 Å². The molecular weight excluding hydrogens is 328 g/mol. The number of benzene rings is 1. The van der Waals surface area contributed by atoms with E-state index in [1.807, 2.05) is 0 Å². The number of sulfonamides is 1. The smallest absolute Gasteiger partial charge is 0.244 e. The third-order valence-electron chi connectivity index (χ3n) is 3.70. The van der Waals surface area contributed by atoms with Gasteiger partial charge in [-0.3, -0.25) is 0 Å². The van der Waals surface area contributed by atoms with Crippen molar-refractivity contribution in [3.8, 4) is 0 Å². The Labute approximate surface area is 123 Å². The first-order valence-electron chi connectivity index (χ1n) is 6.37. The molecule has 1 aliphatic heterocycles. The van der Waals surface area contributed by atoms with Crippen LogP contribution in [-0.2, 0) is 10.0 Å². The van der Waals surface area contributed by atoms with Gasteiger partial charge in [-0.15, -0.1) is 0 Å². The molecule has 0 aromatic heterocycles. The zero-order valence-electron chi connectivity index (χ0n) is 11.1. The Morgan fingerprint density at radius 3 is 2.68 bits per heavy atom. The summed E-state index contributed by atoms with van der Waals surface area (Å²) in [5.74, 6) is 0.944. The second-order valence-corrected chi connectivity index (χ2v) is 8.11. The largest absolute Gasteiger partial charge is 0.399 e. The Kier molecular flexibility index (Phi) is 4.23. The highest BCUT2D eigenvalue weighted by molar-refractivity contribution is 9.10. The van der Waals surface area contributed by atoms with Gasteiger partial charge in [0.2, 0.25) is 10.0 Å². The Hall–Kier alpha value is -0.590. The molecule has 19 heavy (non-hydrogen) atoms. The van der Waals surface area contributed by atoms with E-state index >= 15 is 0 Å². The van der Waals surface area contributed by atoms with Crippen LogP contribution in [0.4, 0.5) is 5.69 Å². The normalized spacial score (nSPS) is 21.2. The van der Waals surface area contributed by atoms with Gasteiger partial charge in [0.15, 0.2) is 0 Å². The first kappa shape index (κ1) is 14.8. The van der Waals surface area contributed by atoms with Gasteiger partial charge in [-0.25, -0.2) is 8.42 Å². The van der Waals surface area contributed by atoms with E-state index in [0.29, 0.717) is 35.1 Å². The minimum atomic E-state index is -3.45. The summed E-state index contributed by atoms with van der Waals surface area (Å²) >= 11 is 3.30. The Balaban J connectivity index is 2.31. The molecule has 1 unspecified atom stereocenters. The van der Waals surface area contributed by atoms with E-state index in [1.54, 1.807) is 16.4 Å². The zero-order chi connectivity index (χ0) is 14.2.